The van der Waals surface area contributed by atoms with E-state index >= 15 is 0 Å². The lowest BCUT2D eigenvalue weighted by atomic mass is 9.90. The van der Waals surface area contributed by atoms with Gasteiger partial charge in [0.25, 0.3) is 0 Å². The Hall–Kier alpha value is -3.02. The fourth-order valence-electron chi connectivity index (χ4n) is 3.56. The van der Waals surface area contributed by atoms with E-state index in [-0.39, 0.29) is 12.5 Å². The van der Waals surface area contributed by atoms with Gasteiger partial charge in [0, 0.05) is 25.5 Å². The first-order valence-corrected chi connectivity index (χ1v) is 9.41. The molecule has 6 heteroatoms. The third-order valence-electron chi connectivity index (χ3n) is 5.09. The molecule has 1 N–H and O–H groups in total. The maximum Gasteiger partial charge on any atom is 0.241 e. The Morgan fingerprint density at radius 3 is 2.63 bits per heavy atom. The molecule has 0 unspecified atom stereocenters. The number of likely N-dealkylation sites (tertiary alicyclic amines) is 1. The molecule has 138 valence electrons. The monoisotopic (exact) mass is 361 g/mol. The van der Waals surface area contributed by atoms with Gasteiger partial charge >= 0.3 is 0 Å². The molecule has 0 radical (unpaired) electrons. The number of aromatic nitrogens is 3. The van der Waals surface area contributed by atoms with Gasteiger partial charge in [-0.2, -0.15) is 0 Å². The normalized spacial score (nSPS) is 15.0. The molecule has 0 aliphatic carbocycles. The van der Waals surface area contributed by atoms with E-state index in [1.54, 1.807) is 12.4 Å². The number of hydrogen-bond acceptors (Lipinski definition) is 5. The van der Waals surface area contributed by atoms with Crippen LogP contribution in [-0.4, -0.2) is 45.4 Å². The number of carbonyl (C=O) groups is 1. The SMILES string of the molecule is O=C(CNc1ccc2nccnc2n1)N1CCC(Cc2ccccc2)CC1. The van der Waals surface area contributed by atoms with E-state index < -0.39 is 0 Å². The number of anilines is 1. The van der Waals surface area contributed by atoms with Crippen LogP contribution < -0.4 is 5.32 Å². The fourth-order valence-corrected chi connectivity index (χ4v) is 3.56. The van der Waals surface area contributed by atoms with Crippen LogP contribution in [0.25, 0.3) is 11.2 Å². The summed E-state index contributed by atoms with van der Waals surface area (Å²) in [4.78, 5) is 27.2. The van der Waals surface area contributed by atoms with Gasteiger partial charge in [0.05, 0.1) is 6.54 Å². The molecule has 0 bridgehead atoms. The molecule has 1 aliphatic heterocycles. The maximum absolute atomic E-state index is 12.5. The van der Waals surface area contributed by atoms with Gasteiger partial charge in [0.15, 0.2) is 5.65 Å². The van der Waals surface area contributed by atoms with E-state index in [2.05, 4.69) is 50.6 Å². The molecule has 3 heterocycles. The zero-order valence-electron chi connectivity index (χ0n) is 15.2. The van der Waals surface area contributed by atoms with Crippen molar-refractivity contribution in [3.63, 3.8) is 0 Å². The summed E-state index contributed by atoms with van der Waals surface area (Å²) in [6.45, 7) is 1.91. The van der Waals surface area contributed by atoms with Crippen LogP contribution in [0.4, 0.5) is 5.82 Å². The lowest BCUT2D eigenvalue weighted by Gasteiger charge is -2.32. The van der Waals surface area contributed by atoms with Crippen LogP contribution in [0, 0.1) is 5.92 Å². The van der Waals surface area contributed by atoms with Gasteiger partial charge in [-0.3, -0.25) is 9.78 Å². The largest absolute Gasteiger partial charge is 0.361 e. The number of pyridine rings is 1. The number of nitrogens with one attached hydrogen (secondary N) is 1. The lowest BCUT2D eigenvalue weighted by molar-refractivity contribution is -0.130. The van der Waals surface area contributed by atoms with Gasteiger partial charge in [-0.25, -0.2) is 9.97 Å². The second-order valence-corrected chi connectivity index (χ2v) is 6.96. The minimum Gasteiger partial charge on any atom is -0.361 e. The summed E-state index contributed by atoms with van der Waals surface area (Å²) in [5.41, 5.74) is 2.71. The first kappa shape index (κ1) is 17.4. The number of benzene rings is 1. The standard InChI is InChI=1S/C21H23N5O/c27-20(15-24-19-7-6-18-21(25-19)23-11-10-22-18)26-12-8-17(9-13-26)14-16-4-2-1-3-5-16/h1-7,10-11,17H,8-9,12-15H2,(H,23,24,25). The van der Waals surface area contributed by atoms with E-state index in [1.807, 2.05) is 17.0 Å². The second kappa shape index (κ2) is 8.12. The molecular formula is C21H23N5O. The minimum absolute atomic E-state index is 0.120. The van der Waals surface area contributed by atoms with Crippen molar-refractivity contribution in [2.45, 2.75) is 19.3 Å². The third kappa shape index (κ3) is 4.39. The first-order valence-electron chi connectivity index (χ1n) is 9.41. The summed E-state index contributed by atoms with van der Waals surface area (Å²) in [6.07, 6.45) is 6.48. The molecule has 0 saturated carbocycles. The van der Waals surface area contributed by atoms with Crippen molar-refractivity contribution in [3.05, 3.63) is 60.4 Å². The summed E-state index contributed by atoms with van der Waals surface area (Å²) in [5.74, 6) is 1.43. The Bertz CT molecular complexity index is 907. The summed E-state index contributed by atoms with van der Waals surface area (Å²) in [7, 11) is 0. The molecule has 2 aromatic heterocycles. The van der Waals surface area contributed by atoms with Crippen molar-refractivity contribution in [1.29, 1.82) is 0 Å². The van der Waals surface area contributed by atoms with Crippen LogP contribution in [0.5, 0.6) is 0 Å². The highest BCUT2D eigenvalue weighted by atomic mass is 16.2. The Kier molecular flexibility index (Phi) is 5.23. The number of fused-ring (bicyclic) bond motifs is 1. The summed E-state index contributed by atoms with van der Waals surface area (Å²) < 4.78 is 0. The number of amides is 1. The Balaban J connectivity index is 1.26. The molecule has 4 rings (SSSR count). The van der Waals surface area contributed by atoms with Crippen molar-refractivity contribution in [2.24, 2.45) is 5.92 Å². The van der Waals surface area contributed by atoms with Crippen LogP contribution in [0.2, 0.25) is 0 Å². The summed E-state index contributed by atoms with van der Waals surface area (Å²) in [5, 5.41) is 3.11. The molecule has 3 aromatic rings. The zero-order chi connectivity index (χ0) is 18.5. The number of hydrogen-bond donors (Lipinski definition) is 1. The van der Waals surface area contributed by atoms with Crippen LogP contribution in [0.1, 0.15) is 18.4 Å². The molecule has 1 aromatic carbocycles. The first-order chi connectivity index (χ1) is 13.3. The van der Waals surface area contributed by atoms with Crippen LogP contribution in [-0.2, 0) is 11.2 Å². The van der Waals surface area contributed by atoms with Crippen molar-refractivity contribution < 1.29 is 4.79 Å². The van der Waals surface area contributed by atoms with Gasteiger partial charge in [0.1, 0.15) is 11.3 Å². The Labute approximate surface area is 158 Å². The molecule has 1 fully saturated rings. The van der Waals surface area contributed by atoms with Crippen LogP contribution in [0.15, 0.2) is 54.9 Å². The van der Waals surface area contributed by atoms with Gasteiger partial charge in [-0.1, -0.05) is 30.3 Å². The number of carbonyl (C=O) groups excluding carboxylic acids is 1. The highest BCUT2D eigenvalue weighted by molar-refractivity contribution is 5.81. The number of nitrogens with zero attached hydrogens (tertiary/aromatic N) is 4. The lowest BCUT2D eigenvalue weighted by Crippen LogP contribution is -2.41. The molecular weight excluding hydrogens is 338 g/mol. The zero-order valence-corrected chi connectivity index (χ0v) is 15.2. The minimum atomic E-state index is 0.120. The smallest absolute Gasteiger partial charge is 0.241 e. The van der Waals surface area contributed by atoms with Crippen LogP contribution >= 0.6 is 0 Å². The molecule has 6 nitrogen and oxygen atoms in total. The number of piperidine rings is 1. The molecule has 1 saturated heterocycles. The average molecular weight is 361 g/mol. The van der Waals surface area contributed by atoms with Gasteiger partial charge in [0.2, 0.25) is 5.91 Å². The topological polar surface area (TPSA) is 71.0 Å². The maximum atomic E-state index is 12.5. The highest BCUT2D eigenvalue weighted by Crippen LogP contribution is 2.21. The van der Waals surface area contributed by atoms with Gasteiger partial charge in [-0.15, -0.1) is 0 Å². The molecule has 0 spiro atoms. The molecule has 1 aliphatic rings. The Morgan fingerprint density at radius 1 is 1.04 bits per heavy atom. The Morgan fingerprint density at radius 2 is 1.81 bits per heavy atom. The van der Waals surface area contributed by atoms with E-state index in [9.17, 15) is 4.79 Å². The second-order valence-electron chi connectivity index (χ2n) is 6.96. The fraction of sp³-hybridized carbons (Fsp3) is 0.333. The summed E-state index contributed by atoms with van der Waals surface area (Å²) >= 11 is 0. The molecule has 0 atom stereocenters. The summed E-state index contributed by atoms with van der Waals surface area (Å²) in [6, 6.07) is 14.3. The quantitative estimate of drug-likeness (QED) is 0.757. The van der Waals surface area contributed by atoms with Crippen molar-refractivity contribution in [2.75, 3.05) is 25.0 Å². The van der Waals surface area contributed by atoms with Gasteiger partial charge in [-0.05, 0) is 42.9 Å². The molecule has 27 heavy (non-hydrogen) atoms. The highest BCUT2D eigenvalue weighted by Gasteiger charge is 2.22. The van der Waals surface area contributed by atoms with E-state index in [1.165, 1.54) is 5.56 Å². The van der Waals surface area contributed by atoms with Crippen molar-refractivity contribution >= 4 is 22.9 Å². The van der Waals surface area contributed by atoms with Crippen molar-refractivity contribution in [1.82, 2.24) is 19.9 Å². The van der Waals surface area contributed by atoms with Crippen LogP contribution in [0.3, 0.4) is 0 Å². The van der Waals surface area contributed by atoms with Crippen molar-refractivity contribution in [3.8, 4) is 0 Å². The average Bonchev–Trinajstić information content (AvgIpc) is 2.73. The van der Waals surface area contributed by atoms with Gasteiger partial charge < -0.3 is 10.2 Å². The van der Waals surface area contributed by atoms with E-state index in [0.29, 0.717) is 17.4 Å². The predicted molar refractivity (Wildman–Crippen MR) is 105 cm³/mol. The number of rotatable bonds is 5. The third-order valence-corrected chi connectivity index (χ3v) is 5.09. The molecule has 1 amide bonds. The van der Waals surface area contributed by atoms with E-state index in [0.717, 1.165) is 37.9 Å². The van der Waals surface area contributed by atoms with E-state index in [4.69, 9.17) is 0 Å². The predicted octanol–water partition coefficient (Wildman–Crippen LogP) is 2.92.